The molecule has 5 heteroatoms. The lowest BCUT2D eigenvalue weighted by Gasteiger charge is -2.31. The maximum atomic E-state index is 12.0. The van der Waals surface area contributed by atoms with Gasteiger partial charge >= 0.3 is 0 Å². The van der Waals surface area contributed by atoms with Gasteiger partial charge in [-0.05, 0) is 23.3 Å². The SMILES string of the molecule is CC(C)(C)C(CCO)NC(=O)c1sccc1Cl. The molecular formula is C12H18ClNO2S. The Balaban J connectivity index is 2.75. The van der Waals surface area contributed by atoms with E-state index in [9.17, 15) is 4.79 Å². The zero-order valence-corrected chi connectivity index (χ0v) is 11.9. The van der Waals surface area contributed by atoms with E-state index in [0.29, 0.717) is 16.3 Å². The number of amides is 1. The quantitative estimate of drug-likeness (QED) is 0.888. The van der Waals surface area contributed by atoms with Crippen molar-refractivity contribution in [3.63, 3.8) is 0 Å². The molecule has 1 heterocycles. The number of hydrogen-bond donors (Lipinski definition) is 2. The van der Waals surface area contributed by atoms with Crippen molar-refractivity contribution in [2.45, 2.75) is 33.2 Å². The van der Waals surface area contributed by atoms with Gasteiger partial charge in [0.15, 0.2) is 0 Å². The lowest BCUT2D eigenvalue weighted by molar-refractivity contribution is 0.0889. The summed E-state index contributed by atoms with van der Waals surface area (Å²) in [5.74, 6) is -0.168. The third kappa shape index (κ3) is 3.98. The van der Waals surface area contributed by atoms with E-state index >= 15 is 0 Å². The highest BCUT2D eigenvalue weighted by Gasteiger charge is 2.26. The van der Waals surface area contributed by atoms with Crippen LogP contribution in [0, 0.1) is 5.41 Å². The van der Waals surface area contributed by atoms with Gasteiger partial charge in [-0.3, -0.25) is 4.79 Å². The first-order valence-electron chi connectivity index (χ1n) is 5.51. The molecule has 1 aromatic heterocycles. The lowest BCUT2D eigenvalue weighted by Crippen LogP contribution is -2.44. The van der Waals surface area contributed by atoms with Gasteiger partial charge in [-0.25, -0.2) is 0 Å². The zero-order valence-electron chi connectivity index (χ0n) is 10.3. The van der Waals surface area contributed by atoms with Gasteiger partial charge in [0, 0.05) is 12.6 Å². The highest BCUT2D eigenvalue weighted by molar-refractivity contribution is 7.12. The Morgan fingerprint density at radius 2 is 2.24 bits per heavy atom. The maximum Gasteiger partial charge on any atom is 0.263 e. The number of thiophene rings is 1. The van der Waals surface area contributed by atoms with Crippen LogP contribution in [0.15, 0.2) is 11.4 Å². The highest BCUT2D eigenvalue weighted by Crippen LogP contribution is 2.25. The molecule has 0 aromatic carbocycles. The minimum Gasteiger partial charge on any atom is -0.396 e. The first kappa shape index (κ1) is 14.5. The highest BCUT2D eigenvalue weighted by atomic mass is 35.5. The number of rotatable bonds is 4. The number of carbonyl (C=O) groups is 1. The Morgan fingerprint density at radius 3 is 2.65 bits per heavy atom. The molecule has 96 valence electrons. The molecule has 0 radical (unpaired) electrons. The largest absolute Gasteiger partial charge is 0.396 e. The van der Waals surface area contributed by atoms with Crippen LogP contribution in [-0.2, 0) is 0 Å². The van der Waals surface area contributed by atoms with Gasteiger partial charge in [0.25, 0.3) is 5.91 Å². The summed E-state index contributed by atoms with van der Waals surface area (Å²) in [6, 6.07) is 1.64. The van der Waals surface area contributed by atoms with E-state index in [0.717, 1.165) is 0 Å². The summed E-state index contributed by atoms with van der Waals surface area (Å²) >= 11 is 7.23. The monoisotopic (exact) mass is 275 g/mol. The maximum absolute atomic E-state index is 12.0. The number of aliphatic hydroxyl groups is 1. The standard InChI is InChI=1S/C12H18ClNO2S/c1-12(2,3)9(4-6-15)14-11(16)10-8(13)5-7-17-10/h5,7,9,15H,4,6H2,1-3H3,(H,14,16). The summed E-state index contributed by atoms with van der Waals surface area (Å²) in [5.41, 5.74) is -0.0951. The van der Waals surface area contributed by atoms with Crippen molar-refractivity contribution in [3.05, 3.63) is 21.3 Å². The van der Waals surface area contributed by atoms with Crippen LogP contribution in [0.4, 0.5) is 0 Å². The molecule has 0 saturated heterocycles. The molecule has 1 aromatic rings. The number of carbonyl (C=O) groups excluding carboxylic acids is 1. The van der Waals surface area contributed by atoms with Crippen LogP contribution in [-0.4, -0.2) is 23.7 Å². The van der Waals surface area contributed by atoms with Gasteiger partial charge < -0.3 is 10.4 Å². The minimum atomic E-state index is -0.168. The van der Waals surface area contributed by atoms with Gasteiger partial charge in [-0.2, -0.15) is 0 Å². The average molecular weight is 276 g/mol. The van der Waals surface area contributed by atoms with Gasteiger partial charge in [0.2, 0.25) is 0 Å². The fraction of sp³-hybridized carbons (Fsp3) is 0.583. The van der Waals surface area contributed by atoms with Crippen molar-refractivity contribution in [2.24, 2.45) is 5.41 Å². The van der Waals surface area contributed by atoms with Crippen LogP contribution in [0.5, 0.6) is 0 Å². The van der Waals surface area contributed by atoms with E-state index in [1.165, 1.54) is 11.3 Å². The lowest BCUT2D eigenvalue weighted by atomic mass is 9.85. The summed E-state index contributed by atoms with van der Waals surface area (Å²) in [7, 11) is 0. The van der Waals surface area contributed by atoms with E-state index in [1.54, 1.807) is 11.4 Å². The fourth-order valence-electron chi connectivity index (χ4n) is 1.53. The smallest absolute Gasteiger partial charge is 0.263 e. The van der Waals surface area contributed by atoms with Crippen LogP contribution < -0.4 is 5.32 Å². The first-order chi connectivity index (χ1) is 7.86. The second kappa shape index (κ2) is 5.85. The van der Waals surface area contributed by atoms with Crippen molar-refractivity contribution in [1.29, 1.82) is 0 Å². The van der Waals surface area contributed by atoms with Gasteiger partial charge in [0.05, 0.1) is 5.02 Å². The number of nitrogens with one attached hydrogen (secondary N) is 1. The van der Waals surface area contributed by atoms with Crippen molar-refractivity contribution in [3.8, 4) is 0 Å². The zero-order chi connectivity index (χ0) is 13.1. The summed E-state index contributed by atoms with van der Waals surface area (Å²) in [6.07, 6.45) is 0.540. The normalized spacial score (nSPS) is 13.5. The molecule has 0 fully saturated rings. The minimum absolute atomic E-state index is 0.0559. The van der Waals surface area contributed by atoms with E-state index in [1.807, 2.05) is 20.8 Å². The second-order valence-corrected chi connectivity index (χ2v) is 6.33. The summed E-state index contributed by atoms with van der Waals surface area (Å²) in [4.78, 5) is 12.5. The molecule has 17 heavy (non-hydrogen) atoms. The Labute approximate surface area is 111 Å². The molecule has 3 nitrogen and oxygen atoms in total. The Bertz CT molecular complexity index is 384. The Morgan fingerprint density at radius 1 is 1.59 bits per heavy atom. The van der Waals surface area contributed by atoms with E-state index in [2.05, 4.69) is 5.32 Å². The van der Waals surface area contributed by atoms with Crippen molar-refractivity contribution >= 4 is 28.8 Å². The first-order valence-corrected chi connectivity index (χ1v) is 6.76. The van der Waals surface area contributed by atoms with E-state index in [-0.39, 0.29) is 24.0 Å². The van der Waals surface area contributed by atoms with Gasteiger partial charge in [-0.1, -0.05) is 32.4 Å². The number of hydrogen-bond acceptors (Lipinski definition) is 3. The Hall–Kier alpha value is -0.580. The summed E-state index contributed by atoms with van der Waals surface area (Å²) in [5, 5.41) is 14.2. The average Bonchev–Trinajstić information content (AvgIpc) is 2.62. The van der Waals surface area contributed by atoms with Crippen molar-refractivity contribution in [1.82, 2.24) is 5.32 Å². The van der Waals surface area contributed by atoms with Crippen LogP contribution in [0.2, 0.25) is 5.02 Å². The van der Waals surface area contributed by atoms with Crippen LogP contribution in [0.3, 0.4) is 0 Å². The molecule has 1 unspecified atom stereocenters. The molecule has 1 amide bonds. The topological polar surface area (TPSA) is 49.3 Å². The molecule has 0 aliphatic heterocycles. The third-order valence-corrected chi connectivity index (χ3v) is 3.93. The predicted molar refractivity (Wildman–Crippen MR) is 71.7 cm³/mol. The number of aliphatic hydroxyl groups excluding tert-OH is 1. The summed E-state index contributed by atoms with van der Waals surface area (Å²) in [6.45, 7) is 6.15. The van der Waals surface area contributed by atoms with Crippen LogP contribution >= 0.6 is 22.9 Å². The molecule has 0 spiro atoms. The van der Waals surface area contributed by atoms with E-state index in [4.69, 9.17) is 16.7 Å². The molecule has 1 rings (SSSR count). The predicted octanol–water partition coefficient (Wildman–Crippen LogP) is 2.93. The van der Waals surface area contributed by atoms with E-state index < -0.39 is 0 Å². The number of halogens is 1. The van der Waals surface area contributed by atoms with Crippen LogP contribution in [0.25, 0.3) is 0 Å². The van der Waals surface area contributed by atoms with Gasteiger partial charge in [-0.15, -0.1) is 11.3 Å². The molecule has 0 saturated carbocycles. The molecule has 0 aliphatic rings. The third-order valence-electron chi connectivity index (χ3n) is 2.59. The molecular weight excluding hydrogens is 258 g/mol. The van der Waals surface area contributed by atoms with Crippen LogP contribution in [0.1, 0.15) is 36.9 Å². The molecule has 0 aliphatic carbocycles. The van der Waals surface area contributed by atoms with Crippen molar-refractivity contribution in [2.75, 3.05) is 6.61 Å². The second-order valence-electron chi connectivity index (χ2n) is 5.00. The molecule has 2 N–H and O–H groups in total. The fourth-order valence-corrected chi connectivity index (χ4v) is 2.57. The molecule has 0 bridgehead atoms. The van der Waals surface area contributed by atoms with Crippen molar-refractivity contribution < 1.29 is 9.90 Å². The summed E-state index contributed by atoms with van der Waals surface area (Å²) < 4.78 is 0. The molecule has 1 atom stereocenters. The Kier molecular flexibility index (Phi) is 4.98. The van der Waals surface area contributed by atoms with Gasteiger partial charge in [0.1, 0.15) is 4.88 Å².